The van der Waals surface area contributed by atoms with Crippen LogP contribution in [0.2, 0.25) is 0 Å². The van der Waals surface area contributed by atoms with Crippen LogP contribution in [0.15, 0.2) is 36.7 Å². The number of nitrogens with one attached hydrogen (secondary N) is 1. The van der Waals surface area contributed by atoms with E-state index in [2.05, 4.69) is 58.4 Å². The maximum atomic E-state index is 14.3. The van der Waals surface area contributed by atoms with E-state index in [0.29, 0.717) is 36.1 Å². The molecular formula is C38H56N2O3. The van der Waals surface area contributed by atoms with Crippen LogP contribution in [0.4, 0.5) is 0 Å². The van der Waals surface area contributed by atoms with Crippen molar-refractivity contribution in [3.8, 4) is 0 Å². The molecule has 1 amide bonds. The summed E-state index contributed by atoms with van der Waals surface area (Å²) in [5.41, 5.74) is 2.66. The molecule has 10 atom stereocenters. The zero-order valence-electron chi connectivity index (χ0n) is 27.9. The number of pyridine rings is 1. The Morgan fingerprint density at radius 2 is 1.70 bits per heavy atom. The van der Waals surface area contributed by atoms with Crippen molar-refractivity contribution < 1.29 is 14.3 Å². The van der Waals surface area contributed by atoms with Gasteiger partial charge in [0.25, 0.3) is 0 Å². The summed E-state index contributed by atoms with van der Waals surface area (Å²) in [5, 5.41) is 3.39. The molecule has 1 N–H and O–H groups in total. The van der Waals surface area contributed by atoms with Crippen molar-refractivity contribution in [2.45, 2.75) is 125 Å². The fourth-order valence-electron chi connectivity index (χ4n) is 12.8. The number of aromatic nitrogens is 1. The molecule has 1 aromatic rings. The quantitative estimate of drug-likeness (QED) is 0.278. The molecule has 0 spiro atoms. The third-order valence-electron chi connectivity index (χ3n) is 14.9. The number of allylic oxidation sites excluding steroid dienone is 1. The van der Waals surface area contributed by atoms with Crippen molar-refractivity contribution in [3.63, 3.8) is 0 Å². The first-order valence-electron chi connectivity index (χ1n) is 17.2. The number of hydrogen-bond acceptors (Lipinski definition) is 4. The molecule has 5 aliphatic rings. The van der Waals surface area contributed by atoms with Crippen LogP contribution in [0, 0.1) is 56.7 Å². The summed E-state index contributed by atoms with van der Waals surface area (Å²) in [7, 11) is 0. The number of nitrogens with zero attached hydrogens (tertiary/aromatic N) is 1. The Kier molecular flexibility index (Phi) is 7.49. The first-order valence-corrected chi connectivity index (χ1v) is 17.2. The topological polar surface area (TPSA) is 68.3 Å². The number of rotatable bonds is 5. The summed E-state index contributed by atoms with van der Waals surface area (Å²) in [4.78, 5) is 30.6. The minimum Gasteiger partial charge on any atom is -0.462 e. The van der Waals surface area contributed by atoms with Crippen molar-refractivity contribution in [2.24, 2.45) is 56.7 Å². The van der Waals surface area contributed by atoms with Gasteiger partial charge in [-0.3, -0.25) is 14.6 Å². The average Bonchev–Trinajstić information content (AvgIpc) is 3.35. The Labute approximate surface area is 260 Å². The number of ether oxygens (including phenoxy) is 1. The van der Waals surface area contributed by atoms with E-state index >= 15 is 0 Å². The molecule has 0 saturated heterocycles. The highest BCUT2D eigenvalue weighted by Gasteiger charge is 2.72. The Balaban J connectivity index is 1.31. The van der Waals surface area contributed by atoms with E-state index < -0.39 is 0 Å². The summed E-state index contributed by atoms with van der Waals surface area (Å²) in [5.74, 6) is 2.62. The summed E-state index contributed by atoms with van der Waals surface area (Å²) in [6.45, 7) is 21.4. The SMILES string of the molecule is C=C(C)[C@@H]1CC[C@]2(C(=O)NCc3cccnc3)CC[C@]3(C)[C@H](CC[C@@H]4[C@@]5(C)CC[C@H](OC(C)=O)C(C)(C)[C@@H]5CC[C@]43C)C12. The van der Waals surface area contributed by atoms with Gasteiger partial charge >= 0.3 is 5.97 Å². The molecule has 5 saturated carbocycles. The minimum absolute atomic E-state index is 0.00893. The lowest BCUT2D eigenvalue weighted by Crippen LogP contribution is -2.67. The van der Waals surface area contributed by atoms with Crippen LogP contribution in [0.5, 0.6) is 0 Å². The van der Waals surface area contributed by atoms with Crippen molar-refractivity contribution in [1.82, 2.24) is 10.3 Å². The van der Waals surface area contributed by atoms with E-state index in [4.69, 9.17) is 4.74 Å². The third kappa shape index (κ3) is 4.40. The van der Waals surface area contributed by atoms with E-state index in [1.807, 2.05) is 18.3 Å². The molecule has 0 bridgehead atoms. The number of carbonyl (C=O) groups excluding carboxylic acids is 2. The van der Waals surface area contributed by atoms with Crippen molar-refractivity contribution in [2.75, 3.05) is 0 Å². The number of esters is 1. The van der Waals surface area contributed by atoms with Crippen molar-refractivity contribution in [1.29, 1.82) is 0 Å². The molecule has 1 unspecified atom stereocenters. The molecule has 5 heteroatoms. The molecule has 0 radical (unpaired) electrons. The number of hydrogen-bond donors (Lipinski definition) is 1. The summed E-state index contributed by atoms with van der Waals surface area (Å²) >= 11 is 0. The lowest BCUT2D eigenvalue weighted by Gasteiger charge is -2.72. The van der Waals surface area contributed by atoms with Gasteiger partial charge in [0.15, 0.2) is 0 Å². The molecule has 43 heavy (non-hydrogen) atoms. The van der Waals surface area contributed by atoms with E-state index in [1.165, 1.54) is 31.3 Å². The van der Waals surface area contributed by atoms with Crippen LogP contribution >= 0.6 is 0 Å². The number of amides is 1. The van der Waals surface area contributed by atoms with Gasteiger partial charge in [-0.1, -0.05) is 52.8 Å². The standard InChI is InChI=1S/C38H56N2O3/c1-24(2)27-13-18-38(33(42)40-23-26-10-9-21-39-22-26)20-19-36(7)28(32(27)38)11-12-30-35(6)16-15-31(43-25(3)41)34(4,5)29(35)14-17-37(30,36)8/h9-10,21-22,27-32H,1,11-20,23H2,2-8H3,(H,40,42)/t27-,28+,29-,30+,31-,32?,35-,36+,37+,38-/m0/s1. The molecule has 0 aliphatic heterocycles. The molecule has 5 aliphatic carbocycles. The Morgan fingerprint density at radius 1 is 0.930 bits per heavy atom. The number of carbonyl (C=O) groups is 2. The van der Waals surface area contributed by atoms with Crippen LogP contribution in [0.25, 0.3) is 0 Å². The summed E-state index contributed by atoms with van der Waals surface area (Å²) in [6, 6.07) is 3.99. The van der Waals surface area contributed by atoms with Crippen LogP contribution < -0.4 is 5.32 Å². The Hall–Kier alpha value is -2.17. The predicted octanol–water partition coefficient (Wildman–Crippen LogP) is 8.29. The van der Waals surface area contributed by atoms with Crippen LogP contribution in [-0.2, 0) is 20.9 Å². The highest BCUT2D eigenvalue weighted by atomic mass is 16.5. The minimum atomic E-state index is -0.301. The summed E-state index contributed by atoms with van der Waals surface area (Å²) in [6.07, 6.45) is 14.8. The zero-order valence-corrected chi connectivity index (χ0v) is 27.9. The second-order valence-corrected chi connectivity index (χ2v) is 16.8. The Morgan fingerprint density at radius 3 is 2.37 bits per heavy atom. The average molecular weight is 589 g/mol. The van der Waals surface area contributed by atoms with Gasteiger partial charge in [-0.2, -0.15) is 0 Å². The predicted molar refractivity (Wildman–Crippen MR) is 171 cm³/mol. The van der Waals surface area contributed by atoms with Gasteiger partial charge in [0.1, 0.15) is 6.10 Å². The second kappa shape index (κ2) is 10.4. The third-order valence-corrected chi connectivity index (χ3v) is 14.9. The smallest absolute Gasteiger partial charge is 0.302 e. The molecule has 1 aromatic heterocycles. The molecule has 6 rings (SSSR count). The largest absolute Gasteiger partial charge is 0.462 e. The normalized spacial score (nSPS) is 44.6. The molecule has 0 aromatic carbocycles. The zero-order chi connectivity index (χ0) is 31.0. The van der Waals surface area contributed by atoms with E-state index in [0.717, 1.165) is 44.1 Å². The van der Waals surface area contributed by atoms with E-state index in [9.17, 15) is 9.59 Å². The van der Waals surface area contributed by atoms with Crippen molar-refractivity contribution >= 4 is 11.9 Å². The first kappa shape index (κ1) is 30.8. The molecule has 5 fully saturated rings. The van der Waals surface area contributed by atoms with Gasteiger partial charge in [0.05, 0.1) is 5.41 Å². The van der Waals surface area contributed by atoms with Crippen molar-refractivity contribution in [3.05, 3.63) is 42.2 Å². The number of fused-ring (bicyclic) bond motifs is 7. The fraction of sp³-hybridized carbons (Fsp3) is 0.763. The maximum Gasteiger partial charge on any atom is 0.302 e. The first-order chi connectivity index (χ1) is 20.2. The lowest BCUT2D eigenvalue weighted by atomic mass is 9.32. The highest BCUT2D eigenvalue weighted by Crippen LogP contribution is 2.77. The van der Waals surface area contributed by atoms with Gasteiger partial charge < -0.3 is 10.1 Å². The lowest BCUT2D eigenvalue weighted by molar-refractivity contribution is -0.248. The van der Waals surface area contributed by atoms with Gasteiger partial charge in [-0.15, -0.1) is 0 Å². The van der Waals surface area contributed by atoms with Crippen LogP contribution in [0.1, 0.15) is 118 Å². The molecular weight excluding hydrogens is 532 g/mol. The van der Waals surface area contributed by atoms with E-state index in [1.54, 1.807) is 13.1 Å². The van der Waals surface area contributed by atoms with Gasteiger partial charge in [-0.05, 0) is 129 Å². The molecule has 1 heterocycles. The van der Waals surface area contributed by atoms with Gasteiger partial charge in [-0.25, -0.2) is 0 Å². The van der Waals surface area contributed by atoms with Gasteiger partial charge in [0, 0.05) is 31.3 Å². The Bertz CT molecular complexity index is 1270. The van der Waals surface area contributed by atoms with Gasteiger partial charge in [0.2, 0.25) is 5.91 Å². The second-order valence-electron chi connectivity index (χ2n) is 16.8. The molecule has 5 nitrogen and oxygen atoms in total. The monoisotopic (exact) mass is 588 g/mol. The highest BCUT2D eigenvalue weighted by molar-refractivity contribution is 5.84. The molecule has 236 valence electrons. The van der Waals surface area contributed by atoms with Crippen LogP contribution in [0.3, 0.4) is 0 Å². The fourth-order valence-corrected chi connectivity index (χ4v) is 12.8. The summed E-state index contributed by atoms with van der Waals surface area (Å²) < 4.78 is 5.94. The van der Waals surface area contributed by atoms with Crippen LogP contribution in [-0.4, -0.2) is 23.0 Å². The van der Waals surface area contributed by atoms with E-state index in [-0.39, 0.29) is 45.1 Å². The maximum absolute atomic E-state index is 14.3.